The minimum absolute atomic E-state index is 0.262. The zero-order valence-corrected chi connectivity index (χ0v) is 12.2. The average Bonchev–Trinajstić information content (AvgIpc) is 2.49. The molecule has 0 atom stereocenters. The van der Waals surface area contributed by atoms with Crippen LogP contribution in [0, 0.1) is 5.82 Å². The van der Waals surface area contributed by atoms with Crippen LogP contribution in [0.15, 0.2) is 48.5 Å². The topological polar surface area (TPSA) is 44.5 Å². The molecule has 0 saturated carbocycles. The third kappa shape index (κ3) is 4.72. The number of rotatable bonds is 7. The van der Waals surface area contributed by atoms with Gasteiger partial charge in [0.05, 0.1) is 13.2 Å². The van der Waals surface area contributed by atoms with Gasteiger partial charge in [0.2, 0.25) is 0 Å². The molecule has 0 aliphatic heterocycles. The highest BCUT2D eigenvalue weighted by atomic mass is 32.1. The molecule has 0 radical (unpaired) electrons. The van der Waals surface area contributed by atoms with Gasteiger partial charge in [-0.1, -0.05) is 24.4 Å². The number of thiocarbonyl (C=S) groups is 1. The summed E-state index contributed by atoms with van der Waals surface area (Å²) >= 11 is 4.87. The molecule has 0 aliphatic rings. The lowest BCUT2D eigenvalue weighted by Crippen LogP contribution is -2.09. The molecule has 0 fully saturated rings. The third-order valence-corrected chi connectivity index (χ3v) is 3.03. The zero-order chi connectivity index (χ0) is 15.1. The molecule has 0 aromatic heterocycles. The molecule has 0 bridgehead atoms. The van der Waals surface area contributed by atoms with Gasteiger partial charge in [-0.15, -0.1) is 0 Å². The van der Waals surface area contributed by atoms with E-state index < -0.39 is 0 Å². The summed E-state index contributed by atoms with van der Waals surface area (Å²) in [6.45, 7) is 0.882. The highest BCUT2D eigenvalue weighted by molar-refractivity contribution is 7.80. The Kier molecular flexibility index (Phi) is 5.51. The van der Waals surface area contributed by atoms with Crippen LogP contribution in [0.5, 0.6) is 11.5 Å². The Morgan fingerprint density at radius 3 is 2.33 bits per heavy atom. The maximum atomic E-state index is 13.3. The summed E-state index contributed by atoms with van der Waals surface area (Å²) in [6, 6.07) is 13.6. The molecule has 2 N–H and O–H groups in total. The quantitative estimate of drug-likeness (QED) is 0.629. The van der Waals surface area contributed by atoms with E-state index >= 15 is 0 Å². The second-order valence-electron chi connectivity index (χ2n) is 4.37. The molecule has 5 heteroatoms. The number of para-hydroxylation sites is 1. The monoisotopic (exact) mass is 305 g/mol. The number of hydrogen-bond acceptors (Lipinski definition) is 3. The first-order valence-electron chi connectivity index (χ1n) is 6.57. The number of ether oxygens (including phenoxy) is 2. The lowest BCUT2D eigenvalue weighted by Gasteiger charge is -2.09. The summed E-state index contributed by atoms with van der Waals surface area (Å²) in [5, 5.41) is 0. The molecule has 2 aromatic carbocycles. The Morgan fingerprint density at radius 1 is 1.00 bits per heavy atom. The molecule has 0 amide bonds. The molecule has 0 saturated heterocycles. The first-order chi connectivity index (χ1) is 10.2. The molecular weight excluding hydrogens is 289 g/mol. The van der Waals surface area contributed by atoms with E-state index in [4.69, 9.17) is 27.4 Å². The Hall–Kier alpha value is -2.14. The van der Waals surface area contributed by atoms with Crippen molar-refractivity contribution in [3.8, 4) is 11.5 Å². The van der Waals surface area contributed by atoms with Crippen LogP contribution in [0.25, 0.3) is 0 Å². The fraction of sp³-hybridized carbons (Fsp3) is 0.188. The molecule has 0 aliphatic carbocycles. The number of halogens is 1. The van der Waals surface area contributed by atoms with Gasteiger partial charge in [-0.2, -0.15) is 0 Å². The van der Waals surface area contributed by atoms with E-state index in [9.17, 15) is 4.39 Å². The average molecular weight is 305 g/mol. The number of hydrogen-bond donors (Lipinski definition) is 1. The molecule has 0 unspecified atom stereocenters. The van der Waals surface area contributed by atoms with Crippen LogP contribution in [-0.2, 0) is 0 Å². The van der Waals surface area contributed by atoms with Crippen molar-refractivity contribution in [1.82, 2.24) is 0 Å². The standard InChI is InChI=1S/C16H16FNO2S/c17-14-4-1-2-5-15(14)20-11-3-10-19-13-8-6-12(7-9-13)16(18)21/h1-2,4-9H,3,10-11H2,(H2,18,21). The van der Waals surface area contributed by atoms with Crippen LogP contribution in [0.2, 0.25) is 0 Å². The molecule has 3 nitrogen and oxygen atoms in total. The van der Waals surface area contributed by atoms with Crippen molar-refractivity contribution in [2.75, 3.05) is 13.2 Å². The maximum absolute atomic E-state index is 13.3. The summed E-state index contributed by atoms with van der Waals surface area (Å²) in [4.78, 5) is 0.361. The van der Waals surface area contributed by atoms with Gasteiger partial charge < -0.3 is 15.2 Å². The Balaban J connectivity index is 1.70. The van der Waals surface area contributed by atoms with Crippen molar-refractivity contribution < 1.29 is 13.9 Å². The molecule has 110 valence electrons. The van der Waals surface area contributed by atoms with Gasteiger partial charge in [0, 0.05) is 12.0 Å². The fourth-order valence-electron chi connectivity index (χ4n) is 1.71. The first kappa shape index (κ1) is 15.3. The van der Waals surface area contributed by atoms with Crippen LogP contribution in [0.4, 0.5) is 4.39 Å². The lowest BCUT2D eigenvalue weighted by atomic mass is 10.2. The second kappa shape index (κ2) is 7.59. The van der Waals surface area contributed by atoms with Crippen molar-refractivity contribution in [3.05, 3.63) is 59.9 Å². The molecule has 21 heavy (non-hydrogen) atoms. The van der Waals surface area contributed by atoms with E-state index in [0.29, 0.717) is 24.6 Å². The normalized spacial score (nSPS) is 10.1. The highest BCUT2D eigenvalue weighted by Crippen LogP contribution is 2.16. The van der Waals surface area contributed by atoms with E-state index in [1.807, 2.05) is 24.3 Å². The minimum Gasteiger partial charge on any atom is -0.493 e. The zero-order valence-electron chi connectivity index (χ0n) is 11.4. The number of benzene rings is 2. The van der Waals surface area contributed by atoms with Crippen LogP contribution in [0.3, 0.4) is 0 Å². The highest BCUT2D eigenvalue weighted by Gasteiger charge is 2.01. The number of nitrogens with two attached hydrogens (primary N) is 1. The predicted molar refractivity (Wildman–Crippen MR) is 84.3 cm³/mol. The second-order valence-corrected chi connectivity index (χ2v) is 4.81. The van der Waals surface area contributed by atoms with Gasteiger partial charge in [0.1, 0.15) is 10.7 Å². The van der Waals surface area contributed by atoms with Crippen molar-refractivity contribution in [3.63, 3.8) is 0 Å². The van der Waals surface area contributed by atoms with Gasteiger partial charge in [-0.25, -0.2) is 4.39 Å². The minimum atomic E-state index is -0.355. The molecular formula is C16H16FNO2S. The van der Waals surface area contributed by atoms with Crippen LogP contribution in [-0.4, -0.2) is 18.2 Å². The smallest absolute Gasteiger partial charge is 0.165 e. The van der Waals surface area contributed by atoms with Crippen molar-refractivity contribution in [2.45, 2.75) is 6.42 Å². The maximum Gasteiger partial charge on any atom is 0.165 e. The van der Waals surface area contributed by atoms with E-state index in [-0.39, 0.29) is 11.6 Å². The Morgan fingerprint density at radius 2 is 1.67 bits per heavy atom. The predicted octanol–water partition coefficient (Wildman–Crippen LogP) is 3.31. The van der Waals surface area contributed by atoms with E-state index in [2.05, 4.69) is 0 Å². The summed E-state index contributed by atoms with van der Waals surface area (Å²) in [5.41, 5.74) is 6.32. The van der Waals surface area contributed by atoms with Gasteiger partial charge in [-0.05, 0) is 36.4 Å². The van der Waals surface area contributed by atoms with Crippen LogP contribution < -0.4 is 15.2 Å². The van der Waals surface area contributed by atoms with Crippen molar-refractivity contribution >= 4 is 17.2 Å². The third-order valence-electron chi connectivity index (χ3n) is 2.79. The van der Waals surface area contributed by atoms with Gasteiger partial charge in [0.25, 0.3) is 0 Å². The summed E-state index contributed by atoms with van der Waals surface area (Å²) < 4.78 is 24.2. The Labute approximate surface area is 128 Å². The summed E-state index contributed by atoms with van der Waals surface area (Å²) in [5.74, 6) is 0.644. The molecule has 0 heterocycles. The van der Waals surface area contributed by atoms with Crippen molar-refractivity contribution in [2.24, 2.45) is 5.73 Å². The van der Waals surface area contributed by atoms with Crippen LogP contribution >= 0.6 is 12.2 Å². The van der Waals surface area contributed by atoms with E-state index in [1.165, 1.54) is 6.07 Å². The van der Waals surface area contributed by atoms with E-state index in [1.54, 1.807) is 18.2 Å². The summed E-state index contributed by atoms with van der Waals surface area (Å²) in [6.07, 6.45) is 0.658. The van der Waals surface area contributed by atoms with Crippen LogP contribution in [0.1, 0.15) is 12.0 Å². The largest absolute Gasteiger partial charge is 0.493 e. The van der Waals surface area contributed by atoms with Gasteiger partial charge >= 0.3 is 0 Å². The molecule has 2 rings (SSSR count). The van der Waals surface area contributed by atoms with Crippen molar-refractivity contribution in [1.29, 1.82) is 0 Å². The molecule has 2 aromatic rings. The SMILES string of the molecule is NC(=S)c1ccc(OCCCOc2ccccc2F)cc1. The Bertz CT molecular complexity index is 601. The van der Waals surface area contributed by atoms with Gasteiger partial charge in [0.15, 0.2) is 11.6 Å². The summed E-state index contributed by atoms with van der Waals surface area (Å²) in [7, 11) is 0. The van der Waals surface area contributed by atoms with E-state index in [0.717, 1.165) is 11.3 Å². The fourth-order valence-corrected chi connectivity index (χ4v) is 1.84. The lowest BCUT2D eigenvalue weighted by molar-refractivity contribution is 0.241. The molecule has 0 spiro atoms. The first-order valence-corrected chi connectivity index (χ1v) is 6.97. The van der Waals surface area contributed by atoms with Gasteiger partial charge in [-0.3, -0.25) is 0 Å².